The lowest BCUT2D eigenvalue weighted by molar-refractivity contribution is -0.889. The van der Waals surface area contributed by atoms with Crippen LogP contribution in [0.15, 0.2) is 53.5 Å². The van der Waals surface area contributed by atoms with Gasteiger partial charge in [-0.25, -0.2) is 19.0 Å². The van der Waals surface area contributed by atoms with E-state index in [4.69, 9.17) is 28.5 Å². The average Bonchev–Trinajstić information content (AvgIpc) is 3.86. The molecule has 3 heterocycles. The summed E-state index contributed by atoms with van der Waals surface area (Å²) in [5.74, 6) is 5.37. The van der Waals surface area contributed by atoms with Gasteiger partial charge in [0.25, 0.3) is 10.1 Å². The topological polar surface area (TPSA) is 188 Å². The van der Waals surface area contributed by atoms with Crippen molar-refractivity contribution in [1.29, 1.82) is 0 Å². The second kappa shape index (κ2) is 24.9. The first-order valence-corrected chi connectivity index (χ1v) is 30.4. The number of anilines is 2. The smallest absolute Gasteiger partial charge is 0.411 e. The number of aryl methyl sites for hydroxylation is 2. The van der Waals surface area contributed by atoms with Crippen LogP contribution >= 0.6 is 22.7 Å². The molecule has 71 heavy (non-hydrogen) atoms. The van der Waals surface area contributed by atoms with Gasteiger partial charge in [-0.3, -0.25) is 14.0 Å². The molecule has 0 aliphatic carbocycles. The van der Waals surface area contributed by atoms with E-state index in [0.29, 0.717) is 71.0 Å². The number of fused-ring (bicyclic) bond motifs is 1. The second-order valence-corrected chi connectivity index (χ2v) is 29.1. The number of para-hydroxylation sites is 1. The van der Waals surface area contributed by atoms with E-state index in [-0.39, 0.29) is 49.9 Å². The highest BCUT2D eigenvalue weighted by Crippen LogP contribution is 2.32. The first-order chi connectivity index (χ1) is 33.3. The molecule has 0 saturated heterocycles. The van der Waals surface area contributed by atoms with E-state index in [0.717, 1.165) is 26.6 Å². The number of carbonyl (C=O) groups is 2. The molecule has 3 aromatic heterocycles. The lowest BCUT2D eigenvalue weighted by Crippen LogP contribution is -2.48. The molecule has 0 atom stereocenters. The molecule has 5 aromatic rings. The number of ether oxygens (including phenoxy) is 4. The van der Waals surface area contributed by atoms with Crippen LogP contribution in [0.4, 0.5) is 26.0 Å². The average molecular weight is 1060 g/mol. The van der Waals surface area contributed by atoms with Gasteiger partial charge in [-0.05, 0) is 95.5 Å². The molecule has 1 N–H and O–H groups in total. The summed E-state index contributed by atoms with van der Waals surface area (Å²) in [7, 11) is 0.272. The number of hydrogen-bond donors (Lipinski definition) is 1. The van der Waals surface area contributed by atoms with Gasteiger partial charge in [0.05, 0.1) is 69.5 Å². The van der Waals surface area contributed by atoms with E-state index < -0.39 is 41.7 Å². The lowest BCUT2D eigenvalue weighted by atomic mass is 10.2. The van der Waals surface area contributed by atoms with Crippen LogP contribution < -0.4 is 14.4 Å². The Morgan fingerprint density at radius 1 is 1.03 bits per heavy atom. The molecule has 0 radical (unpaired) electrons. The summed E-state index contributed by atoms with van der Waals surface area (Å²) in [4.78, 5) is 40.4. The highest BCUT2D eigenvalue weighted by molar-refractivity contribution is 7.85. The number of amides is 1. The van der Waals surface area contributed by atoms with Crippen molar-refractivity contribution in [3.05, 3.63) is 80.8 Å². The maximum atomic E-state index is 15.3. The number of benzene rings is 2. The number of halogens is 1. The number of nitrogens with zero attached hydrogens (tertiary/aromatic N) is 8. The molecule has 22 heteroatoms. The fraction of sp³-hybridized carbons (Fsp3) is 0.510. The number of esters is 1. The molecule has 0 unspecified atom stereocenters. The van der Waals surface area contributed by atoms with Crippen molar-refractivity contribution in [2.24, 2.45) is 4.99 Å². The van der Waals surface area contributed by atoms with E-state index in [2.05, 4.69) is 63.4 Å². The normalized spacial score (nSPS) is 12.4. The Bertz CT molecular complexity index is 2880. The third-order valence-electron chi connectivity index (χ3n) is 10.8. The molecular weight excluding hydrogens is 988 g/mol. The number of carbonyl (C=O) groups excluding carboxylic acids is 2. The minimum absolute atomic E-state index is 0.00177. The van der Waals surface area contributed by atoms with E-state index in [9.17, 15) is 18.0 Å². The Labute approximate surface area is 426 Å². The zero-order valence-electron chi connectivity index (χ0n) is 42.7. The molecule has 0 fully saturated rings. The predicted molar refractivity (Wildman–Crippen MR) is 280 cm³/mol. The van der Waals surface area contributed by atoms with Crippen LogP contribution in [-0.2, 0) is 37.5 Å². The van der Waals surface area contributed by atoms with Crippen molar-refractivity contribution >= 4 is 79.9 Å². The fourth-order valence-corrected chi connectivity index (χ4v) is 10.1. The van der Waals surface area contributed by atoms with Gasteiger partial charge in [-0.15, -0.1) is 21.5 Å². The lowest BCUT2D eigenvalue weighted by Gasteiger charge is -2.33. The predicted octanol–water partition coefficient (Wildman–Crippen LogP) is 8.84. The molecule has 2 aromatic carbocycles. The third kappa shape index (κ3) is 18.1. The molecule has 0 bridgehead atoms. The Hall–Kier alpha value is -5.28. The molecule has 0 aliphatic rings. The largest absolute Gasteiger partial charge is 0.491 e. The number of aromatic nitrogens is 4. The van der Waals surface area contributed by atoms with Crippen LogP contribution in [0.25, 0.3) is 10.2 Å². The molecule has 0 aliphatic heterocycles. The molecular formula is C49H68FN8O9S3Si+. The van der Waals surface area contributed by atoms with Gasteiger partial charge in [-0.1, -0.05) is 55.0 Å². The monoisotopic (exact) mass is 1060 g/mol. The maximum Gasteiger partial charge on any atom is 0.411 e. The Morgan fingerprint density at radius 3 is 2.45 bits per heavy atom. The highest BCUT2D eigenvalue weighted by Gasteiger charge is 2.26. The molecule has 1 amide bonds. The van der Waals surface area contributed by atoms with Crippen molar-refractivity contribution in [1.82, 2.24) is 24.6 Å². The number of rotatable bonds is 23. The van der Waals surface area contributed by atoms with Gasteiger partial charge >= 0.3 is 12.1 Å². The van der Waals surface area contributed by atoms with Gasteiger partial charge in [0, 0.05) is 38.6 Å². The van der Waals surface area contributed by atoms with Crippen molar-refractivity contribution in [2.45, 2.75) is 91.9 Å². The number of hydrogen-bond acceptors (Lipinski definition) is 15. The van der Waals surface area contributed by atoms with Gasteiger partial charge in [0.15, 0.2) is 38.8 Å². The summed E-state index contributed by atoms with van der Waals surface area (Å²) < 4.78 is 73.3. The van der Waals surface area contributed by atoms with Crippen LogP contribution in [0.5, 0.6) is 5.75 Å². The zero-order chi connectivity index (χ0) is 52.1. The van der Waals surface area contributed by atoms with Crippen molar-refractivity contribution in [2.75, 3.05) is 77.8 Å². The minimum atomic E-state index is -4.07. The molecule has 0 spiro atoms. The SMILES string of the molecule is CCOC(=O)c1nc(N(C)c2cc(C)c(N=c3sc4ccccc4n3COCC[Si](C)(C)C)nn2)sc1CCCOc1ccc(C#CCN(CC[N+](C)(C)CCCS(=O)(=O)O)C(=O)OC(C)(C)C)cc1F. The first kappa shape index (κ1) is 56.6. The first-order valence-electron chi connectivity index (χ1n) is 23.4. The van der Waals surface area contributed by atoms with Gasteiger partial charge in [-0.2, -0.15) is 13.4 Å². The van der Waals surface area contributed by atoms with Gasteiger partial charge in [0.2, 0.25) is 0 Å². The molecule has 17 nitrogen and oxygen atoms in total. The third-order valence-corrected chi connectivity index (χ3v) is 15.5. The number of quaternary nitrogens is 1. The van der Waals surface area contributed by atoms with Crippen LogP contribution in [0.1, 0.15) is 67.0 Å². The van der Waals surface area contributed by atoms with Gasteiger partial charge in [0.1, 0.15) is 12.3 Å². The van der Waals surface area contributed by atoms with Crippen LogP contribution in [0.3, 0.4) is 0 Å². The minimum Gasteiger partial charge on any atom is -0.491 e. The van der Waals surface area contributed by atoms with E-state index in [1.807, 2.05) is 39.2 Å². The van der Waals surface area contributed by atoms with E-state index >= 15 is 4.39 Å². The zero-order valence-corrected chi connectivity index (χ0v) is 46.2. The molecule has 0 saturated carbocycles. The number of thiazole rings is 2. The Kier molecular flexibility index (Phi) is 19.9. The van der Waals surface area contributed by atoms with Crippen molar-refractivity contribution < 1.29 is 50.4 Å². The summed E-state index contributed by atoms with van der Waals surface area (Å²) in [5, 5.41) is 9.53. The summed E-state index contributed by atoms with van der Waals surface area (Å²) >= 11 is 2.88. The molecule has 386 valence electrons. The summed E-state index contributed by atoms with van der Waals surface area (Å²) in [6.45, 7) is 18.5. The summed E-state index contributed by atoms with van der Waals surface area (Å²) in [6, 6.07) is 15.5. The second-order valence-electron chi connectivity index (χ2n) is 19.8. The fourth-order valence-electron chi connectivity index (χ4n) is 6.79. The van der Waals surface area contributed by atoms with E-state index in [1.54, 1.807) is 57.0 Å². The van der Waals surface area contributed by atoms with Crippen LogP contribution in [-0.4, -0.2) is 141 Å². The highest BCUT2D eigenvalue weighted by atomic mass is 32.2. The quantitative estimate of drug-likeness (QED) is 0.0163. The Balaban J connectivity index is 1.22. The van der Waals surface area contributed by atoms with Gasteiger partial charge < -0.3 is 28.3 Å². The maximum absolute atomic E-state index is 15.3. The summed E-state index contributed by atoms with van der Waals surface area (Å²) in [5.41, 5.74) is 1.65. The van der Waals surface area contributed by atoms with Crippen LogP contribution in [0, 0.1) is 24.6 Å². The van der Waals surface area contributed by atoms with Crippen LogP contribution in [0.2, 0.25) is 25.7 Å². The molecule has 5 rings (SSSR count). The summed E-state index contributed by atoms with van der Waals surface area (Å²) in [6.07, 6.45) is 0.524. The van der Waals surface area contributed by atoms with E-state index in [1.165, 1.54) is 28.4 Å². The standard InChI is InChI=1S/C49H67FN8O9S3Si/c1-12-65-45(59)43-41(69-46(51-43)55(6)42-32-35(2)44(54-53-42)52-47-57(34-64-29-31-71(9,10)11)38-19-13-14-20-40(38)68-47)21-16-28-66-39-23-22-36(33-37(39)50)18-15-24-56(48(60)67-49(3,4)5)25-27-58(7,8)26-17-30-70(61,62)63/h13-14,19-20,22-23,32-33H,12,16-17,21,24-31,34H2,1-11H3/p+1. The Morgan fingerprint density at radius 2 is 1.77 bits per heavy atom. The van der Waals surface area contributed by atoms with Crippen molar-refractivity contribution in [3.8, 4) is 17.6 Å². The van der Waals surface area contributed by atoms with Crippen molar-refractivity contribution in [3.63, 3.8) is 0 Å². The number of likely N-dealkylation sites (N-methyl/N-ethyl adjacent to an activating group) is 1.